The lowest BCUT2D eigenvalue weighted by molar-refractivity contribution is -0.117. The van der Waals surface area contributed by atoms with Crippen molar-refractivity contribution in [1.82, 2.24) is 9.78 Å². The number of aromatic nitrogens is 2. The molecule has 0 spiro atoms. The van der Waals surface area contributed by atoms with Crippen molar-refractivity contribution in [3.63, 3.8) is 0 Å². The second-order valence-electron chi connectivity index (χ2n) is 4.49. The average molecular weight is 238 g/mol. The number of nitrogens with zero attached hydrogens (tertiary/aromatic N) is 2. The summed E-state index contributed by atoms with van der Waals surface area (Å²) < 4.78 is 1.77. The molecular weight excluding hydrogens is 216 g/mol. The van der Waals surface area contributed by atoms with E-state index in [1.165, 1.54) is 0 Å². The zero-order valence-electron chi connectivity index (χ0n) is 10.8. The van der Waals surface area contributed by atoms with Gasteiger partial charge in [-0.25, -0.2) is 4.68 Å². The summed E-state index contributed by atoms with van der Waals surface area (Å²) in [7, 11) is 0. The molecule has 0 fully saturated rings. The van der Waals surface area contributed by atoms with E-state index in [1.54, 1.807) is 16.9 Å². The molecule has 1 rings (SSSR count). The molecule has 1 aromatic heterocycles. The van der Waals surface area contributed by atoms with Gasteiger partial charge in [-0.05, 0) is 20.3 Å². The molecule has 1 aromatic rings. The summed E-state index contributed by atoms with van der Waals surface area (Å²) in [6.45, 7) is 6.11. The summed E-state index contributed by atoms with van der Waals surface area (Å²) in [6.07, 6.45) is 4.41. The molecule has 0 unspecified atom stereocenters. The Labute approximate surface area is 102 Å². The predicted octanol–water partition coefficient (Wildman–Crippen LogP) is 1.92. The SMILES string of the molecule is CCCC[C@H](N)C(=O)Nc1ccnn1C(C)C. The Balaban J connectivity index is 2.58. The van der Waals surface area contributed by atoms with Gasteiger partial charge in [-0.1, -0.05) is 19.8 Å². The van der Waals surface area contributed by atoms with E-state index in [1.807, 2.05) is 13.8 Å². The third-order valence-electron chi connectivity index (χ3n) is 2.62. The largest absolute Gasteiger partial charge is 0.320 e. The molecule has 0 saturated carbocycles. The van der Waals surface area contributed by atoms with Crippen molar-refractivity contribution in [3.8, 4) is 0 Å². The van der Waals surface area contributed by atoms with Crippen LogP contribution in [0.3, 0.4) is 0 Å². The van der Waals surface area contributed by atoms with Crippen molar-refractivity contribution in [2.24, 2.45) is 5.73 Å². The van der Waals surface area contributed by atoms with E-state index >= 15 is 0 Å². The van der Waals surface area contributed by atoms with Crippen LogP contribution in [0.2, 0.25) is 0 Å². The van der Waals surface area contributed by atoms with Crippen LogP contribution in [0.15, 0.2) is 12.3 Å². The highest BCUT2D eigenvalue weighted by Gasteiger charge is 2.15. The van der Waals surface area contributed by atoms with Crippen LogP contribution >= 0.6 is 0 Å². The lowest BCUT2D eigenvalue weighted by Gasteiger charge is -2.14. The third-order valence-corrected chi connectivity index (χ3v) is 2.62. The molecule has 0 aromatic carbocycles. The van der Waals surface area contributed by atoms with Gasteiger partial charge < -0.3 is 11.1 Å². The molecule has 5 nitrogen and oxygen atoms in total. The molecule has 96 valence electrons. The molecule has 0 aliphatic rings. The van der Waals surface area contributed by atoms with E-state index in [2.05, 4.69) is 17.3 Å². The lowest BCUT2D eigenvalue weighted by Crippen LogP contribution is -2.36. The lowest BCUT2D eigenvalue weighted by atomic mass is 10.1. The number of hydrogen-bond acceptors (Lipinski definition) is 3. The fourth-order valence-electron chi connectivity index (χ4n) is 1.60. The molecule has 1 amide bonds. The topological polar surface area (TPSA) is 72.9 Å². The zero-order valence-corrected chi connectivity index (χ0v) is 10.8. The van der Waals surface area contributed by atoms with Crippen molar-refractivity contribution in [1.29, 1.82) is 0 Å². The van der Waals surface area contributed by atoms with Gasteiger partial charge in [0.1, 0.15) is 5.82 Å². The summed E-state index contributed by atoms with van der Waals surface area (Å²) in [6, 6.07) is 1.56. The quantitative estimate of drug-likeness (QED) is 0.795. The maximum atomic E-state index is 11.8. The molecule has 0 aliphatic carbocycles. The van der Waals surface area contributed by atoms with Crippen molar-refractivity contribution >= 4 is 11.7 Å². The van der Waals surface area contributed by atoms with Crippen LogP contribution in [0.4, 0.5) is 5.82 Å². The molecule has 17 heavy (non-hydrogen) atoms. The van der Waals surface area contributed by atoms with Gasteiger partial charge in [0.25, 0.3) is 0 Å². The second-order valence-corrected chi connectivity index (χ2v) is 4.49. The minimum atomic E-state index is -0.439. The van der Waals surface area contributed by atoms with Crippen LogP contribution in [-0.4, -0.2) is 21.7 Å². The molecule has 0 radical (unpaired) electrons. The molecule has 5 heteroatoms. The summed E-state index contributed by atoms with van der Waals surface area (Å²) in [4.78, 5) is 11.8. The van der Waals surface area contributed by atoms with Gasteiger partial charge in [0, 0.05) is 12.1 Å². The van der Waals surface area contributed by atoms with Gasteiger partial charge in [-0.3, -0.25) is 4.79 Å². The monoisotopic (exact) mass is 238 g/mol. The Kier molecular flexibility index (Phi) is 5.15. The first kappa shape index (κ1) is 13.7. The minimum Gasteiger partial charge on any atom is -0.320 e. The Morgan fingerprint density at radius 1 is 1.59 bits per heavy atom. The number of carbonyl (C=O) groups is 1. The molecule has 1 atom stereocenters. The second kappa shape index (κ2) is 6.39. The minimum absolute atomic E-state index is 0.138. The van der Waals surface area contributed by atoms with E-state index in [-0.39, 0.29) is 11.9 Å². The van der Waals surface area contributed by atoms with Crippen molar-refractivity contribution in [2.75, 3.05) is 5.32 Å². The number of nitrogens with two attached hydrogens (primary N) is 1. The zero-order chi connectivity index (χ0) is 12.8. The molecule has 3 N–H and O–H groups in total. The fraction of sp³-hybridized carbons (Fsp3) is 0.667. The standard InChI is InChI=1S/C12H22N4O/c1-4-5-6-10(13)12(17)15-11-7-8-14-16(11)9(2)3/h7-10H,4-6,13H2,1-3H3,(H,15,17)/t10-/m0/s1. The Bertz CT molecular complexity index is 359. The predicted molar refractivity (Wildman–Crippen MR) is 68.7 cm³/mol. The summed E-state index contributed by atoms with van der Waals surface area (Å²) in [5.41, 5.74) is 5.80. The number of rotatable bonds is 6. The Morgan fingerprint density at radius 3 is 2.88 bits per heavy atom. The van der Waals surface area contributed by atoms with Crippen molar-refractivity contribution in [3.05, 3.63) is 12.3 Å². The van der Waals surface area contributed by atoms with Crippen LogP contribution in [0.1, 0.15) is 46.1 Å². The number of carbonyl (C=O) groups excluding carboxylic acids is 1. The van der Waals surface area contributed by atoms with E-state index in [0.717, 1.165) is 19.3 Å². The van der Waals surface area contributed by atoms with E-state index in [0.29, 0.717) is 5.82 Å². The third kappa shape index (κ3) is 3.85. The number of amides is 1. The fourth-order valence-corrected chi connectivity index (χ4v) is 1.60. The van der Waals surface area contributed by atoms with Gasteiger partial charge in [0.05, 0.1) is 12.2 Å². The Hall–Kier alpha value is -1.36. The molecule has 0 bridgehead atoms. The van der Waals surface area contributed by atoms with Crippen molar-refractivity contribution in [2.45, 2.75) is 52.1 Å². The first-order valence-corrected chi connectivity index (χ1v) is 6.16. The first-order chi connectivity index (χ1) is 8.06. The molecule has 1 heterocycles. The number of hydrogen-bond donors (Lipinski definition) is 2. The van der Waals surface area contributed by atoms with E-state index in [4.69, 9.17) is 5.73 Å². The van der Waals surface area contributed by atoms with Crippen LogP contribution in [0, 0.1) is 0 Å². The number of nitrogens with one attached hydrogen (secondary N) is 1. The Morgan fingerprint density at radius 2 is 2.29 bits per heavy atom. The highest BCUT2D eigenvalue weighted by atomic mass is 16.2. The van der Waals surface area contributed by atoms with Gasteiger partial charge in [0.15, 0.2) is 0 Å². The van der Waals surface area contributed by atoms with E-state index < -0.39 is 6.04 Å². The maximum absolute atomic E-state index is 11.8. The van der Waals surface area contributed by atoms with Gasteiger partial charge in [0.2, 0.25) is 5.91 Å². The highest BCUT2D eigenvalue weighted by molar-refractivity contribution is 5.93. The summed E-state index contributed by atoms with van der Waals surface area (Å²) in [5, 5.41) is 6.97. The van der Waals surface area contributed by atoms with Gasteiger partial charge >= 0.3 is 0 Å². The van der Waals surface area contributed by atoms with Crippen LogP contribution in [0.25, 0.3) is 0 Å². The number of unbranched alkanes of at least 4 members (excludes halogenated alkanes) is 1. The normalized spacial score (nSPS) is 12.8. The smallest absolute Gasteiger partial charge is 0.242 e. The molecular formula is C12H22N4O. The van der Waals surface area contributed by atoms with Crippen LogP contribution < -0.4 is 11.1 Å². The summed E-state index contributed by atoms with van der Waals surface area (Å²) in [5.74, 6) is 0.567. The van der Waals surface area contributed by atoms with E-state index in [9.17, 15) is 4.79 Å². The van der Waals surface area contributed by atoms with Crippen LogP contribution in [-0.2, 0) is 4.79 Å². The summed E-state index contributed by atoms with van der Waals surface area (Å²) >= 11 is 0. The van der Waals surface area contributed by atoms with Crippen molar-refractivity contribution < 1.29 is 4.79 Å². The van der Waals surface area contributed by atoms with Gasteiger partial charge in [-0.2, -0.15) is 5.10 Å². The molecule has 0 aliphatic heterocycles. The average Bonchev–Trinajstić information content (AvgIpc) is 2.73. The van der Waals surface area contributed by atoms with Gasteiger partial charge in [-0.15, -0.1) is 0 Å². The number of anilines is 1. The molecule has 0 saturated heterocycles. The highest BCUT2D eigenvalue weighted by Crippen LogP contribution is 2.13. The first-order valence-electron chi connectivity index (χ1n) is 6.16. The maximum Gasteiger partial charge on any atom is 0.242 e. The van der Waals surface area contributed by atoms with Crippen LogP contribution in [0.5, 0.6) is 0 Å².